The second kappa shape index (κ2) is 9.34. The van der Waals surface area contributed by atoms with E-state index in [1.54, 1.807) is 0 Å². The van der Waals surface area contributed by atoms with Gasteiger partial charge in [0.2, 0.25) is 0 Å². The minimum atomic E-state index is -5.84. The zero-order valence-corrected chi connectivity index (χ0v) is 19.9. The number of alkyl halides is 3. The summed E-state index contributed by atoms with van der Waals surface area (Å²) in [7, 11) is -5.84. The van der Waals surface area contributed by atoms with Crippen LogP contribution >= 0.6 is 0 Å². The maximum Gasteiger partial charge on any atom is 0.522 e. The first kappa shape index (κ1) is 24.5. The largest absolute Gasteiger partial charge is 0.522 e. The van der Waals surface area contributed by atoms with Gasteiger partial charge in [0.1, 0.15) is 0 Å². The Morgan fingerprint density at radius 2 is 1.43 bits per heavy atom. The van der Waals surface area contributed by atoms with Crippen molar-refractivity contribution >= 4 is 42.7 Å². The summed E-state index contributed by atoms with van der Waals surface area (Å²) in [6.07, 6.45) is 3.74. The number of hydrogen-bond donors (Lipinski definition) is 1. The average Bonchev–Trinajstić information content (AvgIpc) is 3.23. The van der Waals surface area contributed by atoms with Crippen LogP contribution in [-0.4, -0.2) is 28.0 Å². The lowest BCUT2D eigenvalue weighted by atomic mass is 10.0. The van der Waals surface area contributed by atoms with E-state index < -0.39 is 15.6 Å². The molecule has 0 saturated heterocycles. The van der Waals surface area contributed by atoms with Crippen LogP contribution in [0.4, 0.5) is 13.2 Å². The SMILES string of the molecule is O=S(=O)(O)C(F)(F)F.c1ccc(-n2c3cc(-c4cccnc4)ccc3c3c4ccccc4ccc32)cc1. The Labute approximate surface area is 210 Å². The van der Waals surface area contributed by atoms with Crippen molar-refractivity contribution in [3.63, 3.8) is 0 Å². The molecule has 6 aromatic rings. The molecule has 37 heavy (non-hydrogen) atoms. The van der Waals surface area contributed by atoms with Gasteiger partial charge < -0.3 is 4.57 Å². The van der Waals surface area contributed by atoms with Crippen molar-refractivity contribution in [1.82, 2.24) is 9.55 Å². The average molecular weight is 521 g/mol. The van der Waals surface area contributed by atoms with Gasteiger partial charge >= 0.3 is 15.6 Å². The Bertz CT molecular complexity index is 1830. The minimum Gasteiger partial charge on any atom is -0.309 e. The number of para-hydroxylation sites is 1. The molecular formula is C28H19F3N2O3S. The second-order valence-corrected chi connectivity index (χ2v) is 9.66. The molecule has 0 aliphatic heterocycles. The zero-order valence-electron chi connectivity index (χ0n) is 19.1. The third-order valence-electron chi connectivity index (χ3n) is 5.96. The highest BCUT2D eigenvalue weighted by molar-refractivity contribution is 7.86. The molecule has 5 nitrogen and oxygen atoms in total. The van der Waals surface area contributed by atoms with E-state index in [4.69, 9.17) is 13.0 Å². The molecule has 2 heterocycles. The van der Waals surface area contributed by atoms with E-state index in [-0.39, 0.29) is 0 Å². The highest BCUT2D eigenvalue weighted by Crippen LogP contribution is 2.38. The first-order valence-corrected chi connectivity index (χ1v) is 12.5. The topological polar surface area (TPSA) is 72.2 Å². The lowest BCUT2D eigenvalue weighted by molar-refractivity contribution is -0.0510. The fraction of sp³-hybridized carbons (Fsp3) is 0.0357. The van der Waals surface area contributed by atoms with Crippen molar-refractivity contribution < 1.29 is 26.1 Å². The van der Waals surface area contributed by atoms with E-state index in [1.807, 2.05) is 18.5 Å². The number of benzene rings is 4. The number of nitrogens with zero attached hydrogens (tertiary/aromatic N) is 2. The number of rotatable bonds is 2. The number of pyridine rings is 1. The molecule has 6 rings (SSSR count). The van der Waals surface area contributed by atoms with Crippen molar-refractivity contribution in [1.29, 1.82) is 0 Å². The van der Waals surface area contributed by atoms with Crippen molar-refractivity contribution in [2.75, 3.05) is 0 Å². The van der Waals surface area contributed by atoms with E-state index in [9.17, 15) is 13.2 Å². The van der Waals surface area contributed by atoms with Gasteiger partial charge in [0, 0.05) is 34.4 Å². The monoisotopic (exact) mass is 520 g/mol. The molecule has 186 valence electrons. The highest BCUT2D eigenvalue weighted by Gasteiger charge is 2.44. The predicted octanol–water partition coefficient (Wildman–Crippen LogP) is 7.39. The van der Waals surface area contributed by atoms with Crippen LogP contribution in [0.5, 0.6) is 0 Å². The number of fused-ring (bicyclic) bond motifs is 5. The predicted molar refractivity (Wildman–Crippen MR) is 139 cm³/mol. The standard InChI is InChI=1S/C27H18N2.CHF3O3S/c1-2-9-22(10-3-1)29-25-15-13-19-7-4-5-11-23(19)27(25)24-14-12-20(17-26(24)29)21-8-6-16-28-18-21;2-1(3,4)8(5,6)7/h1-18H;(H,5,6,7). The summed E-state index contributed by atoms with van der Waals surface area (Å²) in [5.41, 5.74) is 0.384. The van der Waals surface area contributed by atoms with Crippen LogP contribution in [0.15, 0.2) is 109 Å². The molecule has 0 unspecified atom stereocenters. The number of aromatic nitrogens is 2. The number of halogens is 3. The van der Waals surface area contributed by atoms with Crippen molar-refractivity contribution in [3.05, 3.63) is 109 Å². The lowest BCUT2D eigenvalue weighted by Gasteiger charge is -2.09. The summed E-state index contributed by atoms with van der Waals surface area (Å²) in [6, 6.07) is 34.5. The van der Waals surface area contributed by atoms with E-state index in [2.05, 4.69) is 101 Å². The lowest BCUT2D eigenvalue weighted by Crippen LogP contribution is -2.21. The van der Waals surface area contributed by atoms with Gasteiger partial charge in [-0.25, -0.2) is 0 Å². The molecule has 4 aromatic carbocycles. The van der Waals surface area contributed by atoms with Crippen LogP contribution in [0.2, 0.25) is 0 Å². The summed E-state index contributed by atoms with van der Waals surface area (Å²) in [5.74, 6) is 0. The van der Waals surface area contributed by atoms with Crippen LogP contribution in [-0.2, 0) is 10.1 Å². The molecule has 0 spiro atoms. The zero-order chi connectivity index (χ0) is 26.2. The third kappa shape index (κ3) is 4.66. The van der Waals surface area contributed by atoms with E-state index in [0.29, 0.717) is 0 Å². The van der Waals surface area contributed by atoms with Crippen LogP contribution in [0.3, 0.4) is 0 Å². The minimum absolute atomic E-state index is 1.13. The fourth-order valence-electron chi connectivity index (χ4n) is 4.36. The van der Waals surface area contributed by atoms with Gasteiger partial charge in [-0.3, -0.25) is 9.54 Å². The Morgan fingerprint density at radius 3 is 2.11 bits per heavy atom. The molecule has 0 amide bonds. The van der Waals surface area contributed by atoms with E-state index in [0.717, 1.165) is 5.56 Å². The fourth-order valence-corrected chi connectivity index (χ4v) is 4.36. The summed E-state index contributed by atoms with van der Waals surface area (Å²) in [5, 5.41) is 5.13. The maximum absolute atomic E-state index is 10.7. The van der Waals surface area contributed by atoms with Gasteiger partial charge in [-0.15, -0.1) is 0 Å². The Kier molecular flexibility index (Phi) is 6.18. The van der Waals surface area contributed by atoms with Gasteiger partial charge in [0.05, 0.1) is 11.0 Å². The Morgan fingerprint density at radius 1 is 0.730 bits per heavy atom. The first-order chi connectivity index (χ1) is 17.6. The van der Waals surface area contributed by atoms with Gasteiger partial charge in [0.25, 0.3) is 0 Å². The summed E-state index contributed by atoms with van der Waals surface area (Å²) >= 11 is 0. The summed E-state index contributed by atoms with van der Waals surface area (Å²) < 4.78 is 59.9. The highest BCUT2D eigenvalue weighted by atomic mass is 32.2. The molecule has 0 fully saturated rings. The van der Waals surface area contributed by atoms with Gasteiger partial charge in [-0.2, -0.15) is 21.6 Å². The van der Waals surface area contributed by atoms with Crippen molar-refractivity contribution in [2.45, 2.75) is 5.51 Å². The normalized spacial score (nSPS) is 12.0. The van der Waals surface area contributed by atoms with Crippen LogP contribution in [0.25, 0.3) is 49.4 Å². The molecule has 0 aliphatic rings. The van der Waals surface area contributed by atoms with Crippen molar-refractivity contribution in [3.8, 4) is 16.8 Å². The summed E-state index contributed by atoms with van der Waals surface area (Å²) in [4.78, 5) is 4.30. The molecule has 0 atom stereocenters. The molecule has 0 saturated carbocycles. The molecule has 0 aliphatic carbocycles. The van der Waals surface area contributed by atoms with Gasteiger partial charge in [-0.05, 0) is 46.7 Å². The molecular weight excluding hydrogens is 501 g/mol. The summed E-state index contributed by atoms with van der Waals surface area (Å²) in [6.45, 7) is 0. The van der Waals surface area contributed by atoms with E-state index >= 15 is 0 Å². The van der Waals surface area contributed by atoms with E-state index in [1.165, 1.54) is 43.8 Å². The maximum atomic E-state index is 10.7. The molecule has 1 N–H and O–H groups in total. The second-order valence-electron chi connectivity index (χ2n) is 8.25. The quantitative estimate of drug-likeness (QED) is 0.191. The Balaban J connectivity index is 0.000000307. The molecule has 0 bridgehead atoms. The van der Waals surface area contributed by atoms with Crippen LogP contribution < -0.4 is 0 Å². The molecule has 0 radical (unpaired) electrons. The smallest absolute Gasteiger partial charge is 0.309 e. The first-order valence-electron chi connectivity index (χ1n) is 11.1. The third-order valence-corrected chi connectivity index (χ3v) is 6.54. The molecule has 9 heteroatoms. The number of hydrogen-bond acceptors (Lipinski definition) is 3. The van der Waals surface area contributed by atoms with Gasteiger partial charge in [0.15, 0.2) is 0 Å². The van der Waals surface area contributed by atoms with Gasteiger partial charge in [-0.1, -0.05) is 66.7 Å². The Hall–Kier alpha value is -4.21. The van der Waals surface area contributed by atoms with Crippen LogP contribution in [0.1, 0.15) is 0 Å². The van der Waals surface area contributed by atoms with Crippen molar-refractivity contribution in [2.24, 2.45) is 0 Å². The molecule has 2 aromatic heterocycles. The van der Waals surface area contributed by atoms with Crippen LogP contribution in [0, 0.1) is 0 Å².